The van der Waals surface area contributed by atoms with Crippen molar-refractivity contribution in [2.75, 3.05) is 39.3 Å². The second-order valence-electron chi connectivity index (χ2n) is 5.75. The number of aryl methyl sites for hydroxylation is 2. The van der Waals surface area contributed by atoms with E-state index in [2.05, 4.69) is 30.6 Å². The molecule has 0 radical (unpaired) electrons. The molecule has 0 atom stereocenters. The van der Waals surface area contributed by atoms with E-state index in [1.165, 1.54) is 11.1 Å². The highest BCUT2D eigenvalue weighted by molar-refractivity contribution is 5.96. The first-order chi connectivity index (χ1) is 9.60. The van der Waals surface area contributed by atoms with Gasteiger partial charge in [-0.05, 0) is 37.6 Å². The van der Waals surface area contributed by atoms with Crippen LogP contribution >= 0.6 is 0 Å². The Kier molecular flexibility index (Phi) is 5.32. The maximum Gasteiger partial charge on any atom is 0.164 e. The summed E-state index contributed by atoms with van der Waals surface area (Å²) in [6.07, 6.45) is 0.634. The quantitative estimate of drug-likeness (QED) is 0.771. The number of benzene rings is 1. The molecule has 0 amide bonds. The maximum atomic E-state index is 12.2. The van der Waals surface area contributed by atoms with Gasteiger partial charge in [-0.3, -0.25) is 4.79 Å². The molecule has 3 heteroatoms. The molecule has 1 heterocycles. The number of ketones is 1. The summed E-state index contributed by atoms with van der Waals surface area (Å²) in [5.74, 6) is 0.269. The number of rotatable bonds is 5. The van der Waals surface area contributed by atoms with E-state index in [4.69, 9.17) is 0 Å². The Bertz CT molecular complexity index is 462. The summed E-state index contributed by atoms with van der Waals surface area (Å²) in [6.45, 7) is 12.8. The first kappa shape index (κ1) is 15.2. The van der Waals surface area contributed by atoms with Gasteiger partial charge < -0.3 is 9.80 Å². The molecular weight excluding hydrogens is 248 g/mol. The van der Waals surface area contributed by atoms with E-state index < -0.39 is 0 Å². The van der Waals surface area contributed by atoms with E-state index in [9.17, 15) is 4.79 Å². The minimum Gasteiger partial charge on any atom is -0.301 e. The Morgan fingerprint density at radius 1 is 1.05 bits per heavy atom. The molecule has 0 spiro atoms. The zero-order valence-electron chi connectivity index (χ0n) is 13.0. The molecule has 1 aromatic carbocycles. The normalized spacial score (nSPS) is 17.4. The fourth-order valence-electron chi connectivity index (χ4n) is 2.65. The zero-order valence-corrected chi connectivity index (χ0v) is 13.0. The lowest BCUT2D eigenvalue weighted by molar-refractivity contribution is 0.0932. The van der Waals surface area contributed by atoms with Gasteiger partial charge in [-0.25, -0.2) is 0 Å². The van der Waals surface area contributed by atoms with Crippen molar-refractivity contribution in [2.45, 2.75) is 27.2 Å². The zero-order chi connectivity index (χ0) is 14.5. The van der Waals surface area contributed by atoms with E-state index in [0.29, 0.717) is 6.42 Å². The Morgan fingerprint density at radius 2 is 1.70 bits per heavy atom. The average molecular weight is 274 g/mol. The van der Waals surface area contributed by atoms with E-state index in [0.717, 1.165) is 44.8 Å². The lowest BCUT2D eigenvalue weighted by Gasteiger charge is -2.33. The topological polar surface area (TPSA) is 23.6 Å². The summed E-state index contributed by atoms with van der Waals surface area (Å²) >= 11 is 0. The highest BCUT2D eigenvalue weighted by Gasteiger charge is 2.16. The molecule has 1 aromatic rings. The Hall–Kier alpha value is -1.19. The largest absolute Gasteiger partial charge is 0.301 e. The van der Waals surface area contributed by atoms with Gasteiger partial charge in [0.05, 0.1) is 0 Å². The van der Waals surface area contributed by atoms with Crippen molar-refractivity contribution in [3.63, 3.8) is 0 Å². The monoisotopic (exact) mass is 274 g/mol. The van der Waals surface area contributed by atoms with E-state index in [-0.39, 0.29) is 5.78 Å². The third-order valence-corrected chi connectivity index (χ3v) is 4.40. The van der Waals surface area contributed by atoms with Crippen molar-refractivity contribution in [3.8, 4) is 0 Å². The van der Waals surface area contributed by atoms with Gasteiger partial charge in [0.1, 0.15) is 0 Å². The molecule has 0 saturated carbocycles. The number of nitrogens with zero attached hydrogens (tertiary/aromatic N) is 2. The van der Waals surface area contributed by atoms with Gasteiger partial charge in [0, 0.05) is 44.7 Å². The number of carbonyl (C=O) groups is 1. The van der Waals surface area contributed by atoms with Gasteiger partial charge in [0.15, 0.2) is 5.78 Å². The van der Waals surface area contributed by atoms with Crippen LogP contribution in [0.2, 0.25) is 0 Å². The molecule has 0 unspecified atom stereocenters. The highest BCUT2D eigenvalue weighted by Crippen LogP contribution is 2.12. The number of Topliss-reactive ketones (excluding diaryl/α,β-unsaturated/α-hetero) is 1. The third-order valence-electron chi connectivity index (χ3n) is 4.40. The van der Waals surface area contributed by atoms with Crippen LogP contribution < -0.4 is 0 Å². The molecule has 3 nitrogen and oxygen atoms in total. The van der Waals surface area contributed by atoms with E-state index in [1.807, 2.05) is 18.2 Å². The molecule has 110 valence electrons. The van der Waals surface area contributed by atoms with Gasteiger partial charge in [0.2, 0.25) is 0 Å². The summed E-state index contributed by atoms with van der Waals surface area (Å²) < 4.78 is 0. The average Bonchev–Trinajstić information content (AvgIpc) is 2.48. The molecule has 0 aliphatic carbocycles. The lowest BCUT2D eigenvalue weighted by Crippen LogP contribution is -2.46. The maximum absolute atomic E-state index is 12.2. The fourth-order valence-corrected chi connectivity index (χ4v) is 2.65. The molecule has 0 bridgehead atoms. The number of carbonyl (C=O) groups excluding carboxylic acids is 1. The van der Waals surface area contributed by atoms with Gasteiger partial charge in [-0.1, -0.05) is 19.1 Å². The Morgan fingerprint density at radius 3 is 2.30 bits per heavy atom. The van der Waals surface area contributed by atoms with Crippen LogP contribution in [0.5, 0.6) is 0 Å². The fraction of sp³-hybridized carbons (Fsp3) is 0.588. The second kappa shape index (κ2) is 7.00. The summed E-state index contributed by atoms with van der Waals surface area (Å²) in [6, 6.07) is 6.02. The van der Waals surface area contributed by atoms with Crippen LogP contribution in [0.15, 0.2) is 18.2 Å². The van der Waals surface area contributed by atoms with Crippen molar-refractivity contribution < 1.29 is 4.79 Å². The molecule has 1 aliphatic heterocycles. The van der Waals surface area contributed by atoms with Crippen LogP contribution in [0, 0.1) is 13.8 Å². The molecule has 0 aromatic heterocycles. The van der Waals surface area contributed by atoms with Crippen molar-refractivity contribution in [2.24, 2.45) is 0 Å². The molecule has 1 fully saturated rings. The van der Waals surface area contributed by atoms with E-state index in [1.54, 1.807) is 0 Å². The number of hydrogen-bond donors (Lipinski definition) is 0. The number of piperazine rings is 1. The third kappa shape index (κ3) is 3.90. The van der Waals surface area contributed by atoms with Crippen LogP contribution in [0.4, 0.5) is 0 Å². The van der Waals surface area contributed by atoms with Gasteiger partial charge >= 0.3 is 0 Å². The van der Waals surface area contributed by atoms with Gasteiger partial charge in [-0.15, -0.1) is 0 Å². The molecular formula is C17H26N2O. The number of likely N-dealkylation sites (N-methyl/N-ethyl adjacent to an activating group) is 1. The number of hydrogen-bond acceptors (Lipinski definition) is 3. The summed E-state index contributed by atoms with van der Waals surface area (Å²) in [5, 5.41) is 0. The lowest BCUT2D eigenvalue weighted by atomic mass is 10.0. The molecule has 1 aliphatic rings. The first-order valence-corrected chi connectivity index (χ1v) is 7.65. The first-order valence-electron chi connectivity index (χ1n) is 7.65. The van der Waals surface area contributed by atoms with Gasteiger partial charge in [-0.2, -0.15) is 0 Å². The Balaban J connectivity index is 1.82. The molecule has 20 heavy (non-hydrogen) atoms. The Labute approximate surface area is 122 Å². The van der Waals surface area contributed by atoms with Crippen molar-refractivity contribution in [1.82, 2.24) is 9.80 Å². The van der Waals surface area contributed by atoms with Crippen LogP contribution in [-0.4, -0.2) is 54.9 Å². The minimum atomic E-state index is 0.269. The van der Waals surface area contributed by atoms with Crippen molar-refractivity contribution in [3.05, 3.63) is 34.9 Å². The highest BCUT2D eigenvalue weighted by atomic mass is 16.1. The van der Waals surface area contributed by atoms with Crippen LogP contribution in [0.3, 0.4) is 0 Å². The predicted molar refractivity (Wildman–Crippen MR) is 83.4 cm³/mol. The summed E-state index contributed by atoms with van der Waals surface area (Å²) in [7, 11) is 0. The standard InChI is InChI=1S/C17H26N2O/c1-4-18-9-11-19(12-10-18)8-7-17(20)16-6-5-14(2)15(3)13-16/h5-6,13H,4,7-12H2,1-3H3. The second-order valence-corrected chi connectivity index (χ2v) is 5.75. The summed E-state index contributed by atoms with van der Waals surface area (Å²) in [5.41, 5.74) is 3.31. The van der Waals surface area contributed by atoms with E-state index >= 15 is 0 Å². The van der Waals surface area contributed by atoms with Crippen LogP contribution in [0.1, 0.15) is 34.8 Å². The SMILES string of the molecule is CCN1CCN(CCC(=O)c2ccc(C)c(C)c2)CC1. The van der Waals surface area contributed by atoms with Crippen LogP contribution in [-0.2, 0) is 0 Å². The molecule has 1 saturated heterocycles. The summed E-state index contributed by atoms with van der Waals surface area (Å²) in [4.78, 5) is 17.1. The van der Waals surface area contributed by atoms with Crippen molar-refractivity contribution in [1.29, 1.82) is 0 Å². The van der Waals surface area contributed by atoms with Crippen LogP contribution in [0.25, 0.3) is 0 Å². The smallest absolute Gasteiger partial charge is 0.164 e. The van der Waals surface area contributed by atoms with Gasteiger partial charge in [0.25, 0.3) is 0 Å². The minimum absolute atomic E-state index is 0.269. The molecule has 0 N–H and O–H groups in total. The molecule has 2 rings (SSSR count). The van der Waals surface area contributed by atoms with Crippen molar-refractivity contribution >= 4 is 5.78 Å². The predicted octanol–water partition coefficient (Wildman–Crippen LogP) is 2.51.